The molecule has 0 spiro atoms. The summed E-state index contributed by atoms with van der Waals surface area (Å²) in [4.78, 5) is 31.8. The molecule has 0 radical (unpaired) electrons. The fourth-order valence-electron chi connectivity index (χ4n) is 3.63. The molecule has 1 aliphatic rings. The Morgan fingerprint density at radius 2 is 1.91 bits per heavy atom. The highest BCUT2D eigenvalue weighted by molar-refractivity contribution is 8.26. The number of para-hydroxylation sites is 1. The topological polar surface area (TPSA) is 80.8 Å². The minimum atomic E-state index is -0.0941. The second kappa shape index (κ2) is 11.7. The van der Waals surface area contributed by atoms with Gasteiger partial charge in [0.15, 0.2) is 16.6 Å². The zero-order chi connectivity index (χ0) is 24.8. The first-order valence-electron chi connectivity index (χ1n) is 11.1. The number of aromatic nitrogens is 1. The van der Waals surface area contributed by atoms with Crippen molar-refractivity contribution in [1.82, 2.24) is 9.88 Å². The van der Waals surface area contributed by atoms with Crippen LogP contribution in [0.15, 0.2) is 47.4 Å². The van der Waals surface area contributed by atoms with Crippen molar-refractivity contribution in [3.63, 3.8) is 0 Å². The normalized spacial score (nSPS) is 14.7. The summed E-state index contributed by atoms with van der Waals surface area (Å²) >= 11 is 8.20. The average molecular weight is 528 g/mol. The molecule has 182 valence electrons. The van der Waals surface area contributed by atoms with E-state index in [1.54, 1.807) is 25.2 Å². The van der Waals surface area contributed by atoms with Gasteiger partial charge in [0.1, 0.15) is 4.32 Å². The van der Waals surface area contributed by atoms with Gasteiger partial charge in [-0.25, -0.2) is 4.98 Å². The number of hydrogen-bond acceptors (Lipinski definition) is 8. The number of fused-ring (bicyclic) bond motifs is 1. The second-order valence-electron chi connectivity index (χ2n) is 7.79. The number of nitrogens with zero attached hydrogens (tertiary/aromatic N) is 2. The minimum absolute atomic E-state index is 0.0486. The van der Waals surface area contributed by atoms with Crippen LogP contribution in [0.25, 0.3) is 16.3 Å². The van der Waals surface area contributed by atoms with E-state index in [0.717, 1.165) is 35.0 Å². The molecule has 2 amide bonds. The van der Waals surface area contributed by atoms with Crippen molar-refractivity contribution in [3.8, 4) is 11.5 Å². The van der Waals surface area contributed by atoms with Gasteiger partial charge < -0.3 is 14.8 Å². The van der Waals surface area contributed by atoms with Gasteiger partial charge in [0.05, 0.1) is 29.3 Å². The number of amides is 2. The summed E-state index contributed by atoms with van der Waals surface area (Å²) in [5, 5.41) is 3.50. The van der Waals surface area contributed by atoms with Crippen LogP contribution in [0, 0.1) is 0 Å². The molecule has 0 saturated carbocycles. The number of carbonyl (C=O) groups excluding carboxylic acids is 2. The third kappa shape index (κ3) is 6.19. The van der Waals surface area contributed by atoms with Gasteiger partial charge in [-0.05, 0) is 48.7 Å². The van der Waals surface area contributed by atoms with Crippen molar-refractivity contribution in [3.05, 3.63) is 52.9 Å². The second-order valence-corrected chi connectivity index (χ2v) is 10.5. The number of ether oxygens (including phenoxy) is 2. The van der Waals surface area contributed by atoms with E-state index >= 15 is 0 Å². The number of carbonyl (C=O) groups is 2. The summed E-state index contributed by atoms with van der Waals surface area (Å²) < 4.78 is 12.2. The van der Waals surface area contributed by atoms with Crippen LogP contribution in [0.3, 0.4) is 0 Å². The smallest absolute Gasteiger partial charge is 0.266 e. The fourth-order valence-corrected chi connectivity index (χ4v) is 5.82. The molecular formula is C25H25N3O4S3. The van der Waals surface area contributed by atoms with E-state index in [9.17, 15) is 9.59 Å². The Morgan fingerprint density at radius 3 is 2.69 bits per heavy atom. The van der Waals surface area contributed by atoms with Gasteiger partial charge in [0.2, 0.25) is 5.91 Å². The van der Waals surface area contributed by atoms with Gasteiger partial charge in [-0.2, -0.15) is 0 Å². The Labute approximate surface area is 217 Å². The van der Waals surface area contributed by atoms with E-state index in [4.69, 9.17) is 21.7 Å². The first kappa shape index (κ1) is 25.2. The number of hydrogen-bond donors (Lipinski definition) is 1. The van der Waals surface area contributed by atoms with Crippen molar-refractivity contribution in [1.29, 1.82) is 0 Å². The molecule has 35 heavy (non-hydrogen) atoms. The van der Waals surface area contributed by atoms with E-state index in [-0.39, 0.29) is 11.8 Å². The summed E-state index contributed by atoms with van der Waals surface area (Å²) in [5.41, 5.74) is 1.72. The molecule has 4 rings (SSSR count). The van der Waals surface area contributed by atoms with Crippen LogP contribution in [0.1, 0.15) is 31.2 Å². The molecule has 0 atom stereocenters. The maximum absolute atomic E-state index is 12.9. The maximum atomic E-state index is 12.9. The molecule has 0 unspecified atom stereocenters. The number of thiocarbonyl (C=S) groups is 1. The van der Waals surface area contributed by atoms with Crippen molar-refractivity contribution in [2.24, 2.45) is 0 Å². The zero-order valence-electron chi connectivity index (χ0n) is 19.4. The van der Waals surface area contributed by atoms with Gasteiger partial charge in [0, 0.05) is 13.0 Å². The number of anilines is 1. The maximum Gasteiger partial charge on any atom is 0.266 e. The van der Waals surface area contributed by atoms with Crippen LogP contribution in [0.4, 0.5) is 5.13 Å². The Bertz CT molecular complexity index is 1250. The molecule has 10 heteroatoms. The van der Waals surface area contributed by atoms with E-state index in [2.05, 4.69) is 10.3 Å². The summed E-state index contributed by atoms with van der Waals surface area (Å²) in [6, 6.07) is 13.3. The predicted octanol–water partition coefficient (Wildman–Crippen LogP) is 5.71. The molecule has 1 N–H and O–H groups in total. The fraction of sp³-hybridized carbons (Fsp3) is 0.280. The summed E-state index contributed by atoms with van der Waals surface area (Å²) in [7, 11) is 3.16. The lowest BCUT2D eigenvalue weighted by molar-refractivity contribution is -0.122. The predicted molar refractivity (Wildman–Crippen MR) is 146 cm³/mol. The third-order valence-electron chi connectivity index (χ3n) is 5.40. The minimum Gasteiger partial charge on any atom is -0.493 e. The lowest BCUT2D eigenvalue weighted by atomic mass is 10.1. The zero-order valence-corrected chi connectivity index (χ0v) is 21.9. The van der Waals surface area contributed by atoms with Gasteiger partial charge >= 0.3 is 0 Å². The van der Waals surface area contributed by atoms with E-state index < -0.39 is 0 Å². The molecule has 0 aliphatic carbocycles. The number of unbranched alkanes of at least 4 members (excludes halogenated alkanes) is 2. The molecular weight excluding hydrogens is 502 g/mol. The molecule has 7 nitrogen and oxygen atoms in total. The highest BCUT2D eigenvalue weighted by Gasteiger charge is 2.31. The SMILES string of the molecule is COc1ccc(/C=C2\SC(=S)N(CCCCCC(=O)Nc3nc4ccccc4s3)C2=O)cc1OC. The monoisotopic (exact) mass is 527 g/mol. The Morgan fingerprint density at radius 1 is 1.11 bits per heavy atom. The van der Waals surface area contributed by atoms with Gasteiger partial charge in [-0.15, -0.1) is 0 Å². The number of thioether (sulfide) groups is 1. The van der Waals surface area contributed by atoms with Gasteiger partial charge in [0.25, 0.3) is 5.91 Å². The van der Waals surface area contributed by atoms with E-state index in [0.29, 0.717) is 38.8 Å². The number of methoxy groups -OCH3 is 2. The highest BCUT2D eigenvalue weighted by Crippen LogP contribution is 2.35. The first-order chi connectivity index (χ1) is 17.0. The average Bonchev–Trinajstić information content (AvgIpc) is 3.38. The first-order valence-corrected chi connectivity index (χ1v) is 13.2. The molecule has 3 aromatic rings. The van der Waals surface area contributed by atoms with E-state index in [1.807, 2.05) is 42.5 Å². The van der Waals surface area contributed by atoms with Crippen LogP contribution in [-0.2, 0) is 9.59 Å². The summed E-state index contributed by atoms with van der Waals surface area (Å²) in [5.74, 6) is 1.09. The molecule has 2 heterocycles. The van der Waals surface area contributed by atoms with Crippen molar-refractivity contribution >= 4 is 72.9 Å². The Hall–Kier alpha value is -2.95. The molecule has 1 fully saturated rings. The van der Waals surface area contributed by atoms with Crippen LogP contribution in [0.2, 0.25) is 0 Å². The Kier molecular flexibility index (Phi) is 8.37. The van der Waals surface area contributed by atoms with Crippen molar-refractivity contribution < 1.29 is 19.1 Å². The van der Waals surface area contributed by atoms with Crippen LogP contribution in [-0.4, -0.2) is 46.8 Å². The quantitative estimate of drug-likeness (QED) is 0.205. The number of benzene rings is 2. The van der Waals surface area contributed by atoms with Crippen LogP contribution >= 0.6 is 35.3 Å². The third-order valence-corrected chi connectivity index (χ3v) is 7.73. The highest BCUT2D eigenvalue weighted by atomic mass is 32.2. The van der Waals surface area contributed by atoms with Crippen LogP contribution < -0.4 is 14.8 Å². The standard InChI is InChI=1S/C25H25N3O4S3/c1-31-18-12-11-16(14-19(18)32-2)15-21-23(30)28(25(33)35-21)13-7-3-4-10-22(29)27-24-26-17-8-5-6-9-20(17)34-24/h5-6,8-9,11-12,14-15H,3-4,7,10,13H2,1-2H3,(H,26,27,29)/b21-15-. The molecule has 0 bridgehead atoms. The van der Waals surface area contributed by atoms with Crippen molar-refractivity contribution in [2.75, 3.05) is 26.1 Å². The molecule has 2 aromatic carbocycles. The van der Waals surface area contributed by atoms with Gasteiger partial charge in [-0.1, -0.05) is 59.9 Å². The number of nitrogens with one attached hydrogen (secondary N) is 1. The lowest BCUT2D eigenvalue weighted by Gasteiger charge is -2.14. The number of thiazole rings is 1. The largest absolute Gasteiger partial charge is 0.493 e. The van der Waals surface area contributed by atoms with E-state index in [1.165, 1.54) is 23.1 Å². The molecule has 1 saturated heterocycles. The number of rotatable bonds is 10. The summed E-state index contributed by atoms with van der Waals surface area (Å²) in [6.45, 7) is 0.535. The van der Waals surface area contributed by atoms with Gasteiger partial charge in [-0.3, -0.25) is 14.5 Å². The summed E-state index contributed by atoms with van der Waals surface area (Å²) in [6.07, 6.45) is 4.54. The molecule has 1 aliphatic heterocycles. The van der Waals surface area contributed by atoms with Crippen LogP contribution in [0.5, 0.6) is 11.5 Å². The lowest BCUT2D eigenvalue weighted by Crippen LogP contribution is -2.29. The van der Waals surface area contributed by atoms with Crippen molar-refractivity contribution in [2.45, 2.75) is 25.7 Å². The Balaban J connectivity index is 1.23. The molecule has 1 aromatic heterocycles.